The van der Waals surface area contributed by atoms with E-state index in [9.17, 15) is 9.59 Å². The summed E-state index contributed by atoms with van der Waals surface area (Å²) in [5, 5.41) is 0. The molecule has 3 heteroatoms. The van der Waals surface area contributed by atoms with Crippen LogP contribution in [0.2, 0.25) is 0 Å². The van der Waals surface area contributed by atoms with Crippen molar-refractivity contribution in [3.8, 4) is 0 Å². The summed E-state index contributed by atoms with van der Waals surface area (Å²) in [6.45, 7) is 3.27. The van der Waals surface area contributed by atoms with E-state index >= 15 is 0 Å². The highest BCUT2D eigenvalue weighted by atomic mass is 16.5. The van der Waals surface area contributed by atoms with Crippen molar-refractivity contribution in [2.24, 2.45) is 5.92 Å². The number of hydrogen-bond donors (Lipinski definition) is 0. The van der Waals surface area contributed by atoms with Crippen molar-refractivity contribution in [3.05, 3.63) is 12.2 Å². The molecule has 0 saturated carbocycles. The maximum Gasteiger partial charge on any atom is 0.302 e. The Morgan fingerprint density at radius 2 is 2.43 bits per heavy atom. The van der Waals surface area contributed by atoms with E-state index in [1.54, 1.807) is 6.08 Å². The normalized spacial score (nSPS) is 23.3. The van der Waals surface area contributed by atoms with Crippen LogP contribution < -0.4 is 0 Å². The molecule has 1 rings (SSSR count). The van der Waals surface area contributed by atoms with Crippen molar-refractivity contribution in [2.45, 2.75) is 39.2 Å². The van der Waals surface area contributed by atoms with Gasteiger partial charge in [-0.2, -0.15) is 0 Å². The lowest BCUT2D eigenvalue weighted by atomic mass is 9.89. The lowest BCUT2D eigenvalue weighted by Crippen LogP contribution is -2.19. The SMILES string of the molecule is CC(=O)OC(C)CC1CC=CC(=O)C1. The van der Waals surface area contributed by atoms with E-state index in [-0.39, 0.29) is 17.9 Å². The van der Waals surface area contributed by atoms with Gasteiger partial charge in [0.05, 0.1) is 6.10 Å². The number of carbonyl (C=O) groups is 2. The number of carbonyl (C=O) groups excluding carboxylic acids is 2. The van der Waals surface area contributed by atoms with E-state index in [0.29, 0.717) is 12.3 Å². The van der Waals surface area contributed by atoms with Crippen LogP contribution in [0.5, 0.6) is 0 Å². The molecule has 0 aromatic rings. The van der Waals surface area contributed by atoms with Crippen LogP contribution in [0.1, 0.15) is 33.1 Å². The van der Waals surface area contributed by atoms with E-state index in [1.165, 1.54) is 6.92 Å². The summed E-state index contributed by atoms with van der Waals surface area (Å²) in [6, 6.07) is 0. The fourth-order valence-electron chi connectivity index (χ4n) is 1.81. The highest BCUT2D eigenvalue weighted by molar-refractivity contribution is 5.90. The summed E-state index contributed by atoms with van der Waals surface area (Å²) in [7, 11) is 0. The molecule has 3 nitrogen and oxygen atoms in total. The van der Waals surface area contributed by atoms with Crippen molar-refractivity contribution in [3.63, 3.8) is 0 Å². The number of esters is 1. The van der Waals surface area contributed by atoms with Crippen molar-refractivity contribution in [1.29, 1.82) is 0 Å². The van der Waals surface area contributed by atoms with Gasteiger partial charge in [0, 0.05) is 13.3 Å². The number of ether oxygens (including phenoxy) is 1. The Bertz CT molecular complexity index is 255. The van der Waals surface area contributed by atoms with Gasteiger partial charge in [-0.25, -0.2) is 0 Å². The van der Waals surface area contributed by atoms with Crippen molar-refractivity contribution < 1.29 is 14.3 Å². The van der Waals surface area contributed by atoms with Gasteiger partial charge in [0.25, 0.3) is 0 Å². The standard InChI is InChI=1S/C11H16O3/c1-8(14-9(2)12)6-10-4-3-5-11(13)7-10/h3,5,8,10H,4,6-7H2,1-2H3. The fraction of sp³-hybridized carbons (Fsp3) is 0.636. The van der Waals surface area contributed by atoms with Crippen LogP contribution >= 0.6 is 0 Å². The molecule has 0 amide bonds. The van der Waals surface area contributed by atoms with Crippen molar-refractivity contribution in [1.82, 2.24) is 0 Å². The average molecular weight is 196 g/mol. The summed E-state index contributed by atoms with van der Waals surface area (Å²) in [6.07, 6.45) is 5.72. The first kappa shape index (κ1) is 11.0. The van der Waals surface area contributed by atoms with Gasteiger partial charge in [-0.3, -0.25) is 9.59 Å². The van der Waals surface area contributed by atoms with Crippen molar-refractivity contribution in [2.75, 3.05) is 0 Å². The van der Waals surface area contributed by atoms with Gasteiger partial charge in [0.1, 0.15) is 0 Å². The van der Waals surface area contributed by atoms with Gasteiger partial charge in [-0.1, -0.05) is 6.08 Å². The third-order valence-electron chi connectivity index (χ3n) is 2.30. The summed E-state index contributed by atoms with van der Waals surface area (Å²) in [5.74, 6) is 0.258. The largest absolute Gasteiger partial charge is 0.463 e. The molecular formula is C11H16O3. The summed E-state index contributed by atoms with van der Waals surface area (Å²) >= 11 is 0. The molecule has 1 aliphatic carbocycles. The van der Waals surface area contributed by atoms with E-state index < -0.39 is 0 Å². The molecule has 0 saturated heterocycles. The maximum absolute atomic E-state index is 11.1. The van der Waals surface area contributed by atoms with E-state index in [1.807, 2.05) is 13.0 Å². The molecule has 0 aromatic heterocycles. The van der Waals surface area contributed by atoms with Gasteiger partial charge in [0.15, 0.2) is 5.78 Å². The van der Waals surface area contributed by atoms with Crippen LogP contribution in [0, 0.1) is 5.92 Å². The minimum absolute atomic E-state index is 0.0863. The minimum Gasteiger partial charge on any atom is -0.463 e. The summed E-state index contributed by atoms with van der Waals surface area (Å²) in [4.78, 5) is 21.7. The second-order valence-electron chi connectivity index (χ2n) is 3.83. The highest BCUT2D eigenvalue weighted by Crippen LogP contribution is 2.22. The number of ketones is 1. The second-order valence-corrected chi connectivity index (χ2v) is 3.83. The summed E-state index contributed by atoms with van der Waals surface area (Å²) < 4.78 is 5.01. The second kappa shape index (κ2) is 4.94. The topological polar surface area (TPSA) is 43.4 Å². The zero-order chi connectivity index (χ0) is 10.6. The number of hydrogen-bond acceptors (Lipinski definition) is 3. The first-order valence-corrected chi connectivity index (χ1v) is 4.94. The van der Waals surface area contributed by atoms with Crippen LogP contribution in [0.25, 0.3) is 0 Å². The van der Waals surface area contributed by atoms with Crippen LogP contribution in [-0.4, -0.2) is 17.9 Å². The highest BCUT2D eigenvalue weighted by Gasteiger charge is 2.19. The predicted molar refractivity (Wildman–Crippen MR) is 52.7 cm³/mol. The lowest BCUT2D eigenvalue weighted by molar-refractivity contribution is -0.146. The zero-order valence-electron chi connectivity index (χ0n) is 8.66. The molecule has 0 aliphatic heterocycles. The average Bonchev–Trinajstić information content (AvgIpc) is 2.01. The van der Waals surface area contributed by atoms with Crippen LogP contribution in [0.3, 0.4) is 0 Å². The molecule has 0 N–H and O–H groups in total. The monoisotopic (exact) mass is 196 g/mol. The molecular weight excluding hydrogens is 180 g/mol. The van der Waals surface area contributed by atoms with Gasteiger partial charge >= 0.3 is 5.97 Å². The van der Waals surface area contributed by atoms with Gasteiger partial charge in [-0.15, -0.1) is 0 Å². The minimum atomic E-state index is -0.254. The zero-order valence-corrected chi connectivity index (χ0v) is 8.66. The molecule has 14 heavy (non-hydrogen) atoms. The van der Waals surface area contributed by atoms with Crippen LogP contribution in [0.4, 0.5) is 0 Å². The smallest absolute Gasteiger partial charge is 0.302 e. The third kappa shape index (κ3) is 3.73. The van der Waals surface area contributed by atoms with E-state index in [4.69, 9.17) is 4.74 Å². The Morgan fingerprint density at radius 1 is 1.71 bits per heavy atom. The first-order chi connectivity index (χ1) is 6.58. The molecule has 0 heterocycles. The van der Waals surface area contributed by atoms with Gasteiger partial charge in [-0.05, 0) is 31.8 Å². The lowest BCUT2D eigenvalue weighted by Gasteiger charge is -2.20. The molecule has 2 atom stereocenters. The predicted octanol–water partition coefficient (Wildman–Crippen LogP) is 1.86. The first-order valence-electron chi connectivity index (χ1n) is 4.94. The number of allylic oxidation sites excluding steroid dienone is 2. The Balaban J connectivity index is 2.33. The van der Waals surface area contributed by atoms with E-state index in [0.717, 1.165) is 12.8 Å². The van der Waals surface area contributed by atoms with Crippen LogP contribution in [0.15, 0.2) is 12.2 Å². The Kier molecular flexibility index (Phi) is 3.86. The molecule has 2 unspecified atom stereocenters. The van der Waals surface area contributed by atoms with Crippen LogP contribution in [-0.2, 0) is 14.3 Å². The molecule has 0 fully saturated rings. The Morgan fingerprint density at radius 3 is 3.00 bits per heavy atom. The summed E-state index contributed by atoms with van der Waals surface area (Å²) in [5.41, 5.74) is 0. The number of rotatable bonds is 3. The van der Waals surface area contributed by atoms with Crippen molar-refractivity contribution >= 4 is 11.8 Å². The Labute approximate surface area is 84.1 Å². The van der Waals surface area contributed by atoms with Gasteiger partial charge in [0.2, 0.25) is 0 Å². The fourth-order valence-corrected chi connectivity index (χ4v) is 1.81. The Hall–Kier alpha value is -1.12. The molecule has 78 valence electrons. The molecule has 0 bridgehead atoms. The molecule has 0 radical (unpaired) electrons. The third-order valence-corrected chi connectivity index (χ3v) is 2.30. The maximum atomic E-state index is 11.1. The molecule has 1 aliphatic rings. The van der Waals surface area contributed by atoms with E-state index in [2.05, 4.69) is 0 Å². The quantitative estimate of drug-likeness (QED) is 0.647. The molecule has 0 spiro atoms. The molecule has 0 aromatic carbocycles. The van der Waals surface area contributed by atoms with Gasteiger partial charge < -0.3 is 4.74 Å².